The van der Waals surface area contributed by atoms with Crippen molar-refractivity contribution < 1.29 is 0 Å². The van der Waals surface area contributed by atoms with Crippen molar-refractivity contribution in [3.05, 3.63) is 34.9 Å². The normalized spacial score (nSPS) is 24.7. The average molecular weight is 231 g/mol. The van der Waals surface area contributed by atoms with Gasteiger partial charge in [0.25, 0.3) is 0 Å². The van der Waals surface area contributed by atoms with Crippen LogP contribution in [0.3, 0.4) is 0 Å². The third-order valence-corrected chi connectivity index (χ3v) is 3.79. The van der Waals surface area contributed by atoms with Gasteiger partial charge in [0.15, 0.2) is 0 Å². The molecule has 0 amide bonds. The van der Waals surface area contributed by atoms with E-state index in [0.717, 1.165) is 12.0 Å². The van der Waals surface area contributed by atoms with E-state index in [0.29, 0.717) is 6.04 Å². The molecule has 0 aliphatic heterocycles. The number of rotatable bonds is 5. The summed E-state index contributed by atoms with van der Waals surface area (Å²) >= 11 is 0. The minimum absolute atomic E-state index is 0.487. The Labute approximate surface area is 106 Å². The molecule has 1 saturated carbocycles. The van der Waals surface area contributed by atoms with Gasteiger partial charge >= 0.3 is 0 Å². The van der Waals surface area contributed by atoms with Crippen molar-refractivity contribution in [1.82, 2.24) is 5.32 Å². The molecule has 1 aromatic rings. The van der Waals surface area contributed by atoms with Crippen LogP contribution in [-0.2, 0) is 0 Å². The molecule has 0 heterocycles. The van der Waals surface area contributed by atoms with Gasteiger partial charge in [-0.05, 0) is 45.1 Å². The largest absolute Gasteiger partial charge is 0.307 e. The maximum atomic E-state index is 3.76. The van der Waals surface area contributed by atoms with E-state index in [2.05, 4.69) is 51.2 Å². The second kappa shape index (κ2) is 5.22. The Kier molecular flexibility index (Phi) is 3.88. The summed E-state index contributed by atoms with van der Waals surface area (Å²) in [5.74, 6) is 0.938. The van der Waals surface area contributed by atoms with Crippen LogP contribution in [-0.4, -0.2) is 6.04 Å². The highest BCUT2D eigenvalue weighted by atomic mass is 15.0. The quantitative estimate of drug-likeness (QED) is 0.803. The maximum absolute atomic E-state index is 3.76. The van der Waals surface area contributed by atoms with Crippen molar-refractivity contribution >= 4 is 0 Å². The first kappa shape index (κ1) is 12.6. The van der Waals surface area contributed by atoms with Crippen LogP contribution < -0.4 is 5.32 Å². The molecule has 3 unspecified atom stereocenters. The van der Waals surface area contributed by atoms with Gasteiger partial charge in [-0.15, -0.1) is 0 Å². The highest BCUT2D eigenvalue weighted by molar-refractivity contribution is 5.30. The molecule has 0 spiro atoms. The molecule has 94 valence electrons. The van der Waals surface area contributed by atoms with Crippen molar-refractivity contribution in [3.8, 4) is 0 Å². The van der Waals surface area contributed by atoms with Crippen LogP contribution in [0.5, 0.6) is 0 Å². The Morgan fingerprint density at radius 3 is 2.47 bits per heavy atom. The van der Waals surface area contributed by atoms with Gasteiger partial charge in [-0.3, -0.25) is 0 Å². The summed E-state index contributed by atoms with van der Waals surface area (Å²) in [5.41, 5.74) is 4.17. The number of benzene rings is 1. The summed E-state index contributed by atoms with van der Waals surface area (Å²) < 4.78 is 0. The van der Waals surface area contributed by atoms with Crippen LogP contribution in [0.25, 0.3) is 0 Å². The molecular weight excluding hydrogens is 206 g/mol. The predicted molar refractivity (Wildman–Crippen MR) is 74.3 cm³/mol. The van der Waals surface area contributed by atoms with Gasteiger partial charge < -0.3 is 5.32 Å². The standard InChI is InChI=1S/C16H25N/c1-5-6-14-10-16(14)17-13(4)15-8-11(2)7-12(3)9-15/h7-9,13-14,16-17H,5-6,10H2,1-4H3. The van der Waals surface area contributed by atoms with Crippen LogP contribution in [0.1, 0.15) is 55.8 Å². The van der Waals surface area contributed by atoms with Gasteiger partial charge in [0.1, 0.15) is 0 Å². The molecule has 1 aliphatic rings. The molecular formula is C16H25N. The number of nitrogens with one attached hydrogen (secondary N) is 1. The SMILES string of the molecule is CCCC1CC1NC(C)c1cc(C)cc(C)c1. The Balaban J connectivity index is 1.93. The number of hydrogen-bond acceptors (Lipinski definition) is 1. The monoisotopic (exact) mass is 231 g/mol. The van der Waals surface area contributed by atoms with Crippen LogP contribution in [0.2, 0.25) is 0 Å². The lowest BCUT2D eigenvalue weighted by Crippen LogP contribution is -2.22. The molecule has 1 nitrogen and oxygen atoms in total. The summed E-state index contributed by atoms with van der Waals surface area (Å²) in [6.07, 6.45) is 4.08. The molecule has 3 atom stereocenters. The lowest BCUT2D eigenvalue weighted by molar-refractivity contribution is 0.530. The summed E-state index contributed by atoms with van der Waals surface area (Å²) in [6.45, 7) is 8.93. The second-order valence-corrected chi connectivity index (χ2v) is 5.70. The molecule has 1 aliphatic carbocycles. The zero-order chi connectivity index (χ0) is 12.4. The number of aryl methyl sites for hydroxylation is 2. The highest BCUT2D eigenvalue weighted by Gasteiger charge is 2.36. The lowest BCUT2D eigenvalue weighted by Gasteiger charge is -2.16. The van der Waals surface area contributed by atoms with Crippen LogP contribution in [0.4, 0.5) is 0 Å². The van der Waals surface area contributed by atoms with E-state index in [1.54, 1.807) is 0 Å². The maximum Gasteiger partial charge on any atom is 0.0294 e. The first-order chi connectivity index (χ1) is 8.10. The Bertz CT molecular complexity index is 363. The van der Waals surface area contributed by atoms with Crippen molar-refractivity contribution in [1.29, 1.82) is 0 Å². The molecule has 1 fully saturated rings. The van der Waals surface area contributed by atoms with Gasteiger partial charge in [-0.2, -0.15) is 0 Å². The first-order valence-electron chi connectivity index (χ1n) is 6.94. The van der Waals surface area contributed by atoms with Crippen LogP contribution >= 0.6 is 0 Å². The first-order valence-corrected chi connectivity index (χ1v) is 6.94. The molecule has 1 N–H and O–H groups in total. The van der Waals surface area contributed by atoms with Crippen molar-refractivity contribution in [2.24, 2.45) is 5.92 Å². The molecule has 1 aromatic carbocycles. The summed E-state index contributed by atoms with van der Waals surface area (Å²) in [6, 6.07) is 8.11. The summed E-state index contributed by atoms with van der Waals surface area (Å²) in [4.78, 5) is 0. The molecule has 17 heavy (non-hydrogen) atoms. The summed E-state index contributed by atoms with van der Waals surface area (Å²) in [7, 11) is 0. The second-order valence-electron chi connectivity index (χ2n) is 5.70. The van der Waals surface area contributed by atoms with Crippen molar-refractivity contribution in [3.63, 3.8) is 0 Å². The summed E-state index contributed by atoms with van der Waals surface area (Å²) in [5, 5.41) is 3.76. The average Bonchev–Trinajstić information content (AvgIpc) is 2.95. The van der Waals surface area contributed by atoms with Crippen LogP contribution in [0, 0.1) is 19.8 Å². The number of hydrogen-bond donors (Lipinski definition) is 1. The van der Waals surface area contributed by atoms with Crippen molar-refractivity contribution in [2.75, 3.05) is 0 Å². The third-order valence-electron chi connectivity index (χ3n) is 3.79. The van der Waals surface area contributed by atoms with E-state index in [4.69, 9.17) is 0 Å². The van der Waals surface area contributed by atoms with E-state index < -0.39 is 0 Å². The Morgan fingerprint density at radius 1 is 1.24 bits per heavy atom. The van der Waals surface area contributed by atoms with E-state index in [9.17, 15) is 0 Å². The Hall–Kier alpha value is -0.820. The lowest BCUT2D eigenvalue weighted by atomic mass is 10.0. The van der Waals surface area contributed by atoms with Gasteiger partial charge in [-0.25, -0.2) is 0 Å². The van der Waals surface area contributed by atoms with Crippen LogP contribution in [0.15, 0.2) is 18.2 Å². The van der Waals surface area contributed by atoms with Gasteiger partial charge in [0, 0.05) is 12.1 Å². The zero-order valence-electron chi connectivity index (χ0n) is 11.6. The van der Waals surface area contributed by atoms with E-state index in [-0.39, 0.29) is 0 Å². The molecule has 0 bridgehead atoms. The fourth-order valence-corrected chi connectivity index (χ4v) is 2.82. The molecule has 0 saturated heterocycles. The van der Waals surface area contributed by atoms with Crippen molar-refractivity contribution in [2.45, 2.75) is 59.0 Å². The smallest absolute Gasteiger partial charge is 0.0294 e. The van der Waals surface area contributed by atoms with E-state index >= 15 is 0 Å². The van der Waals surface area contributed by atoms with Gasteiger partial charge in [-0.1, -0.05) is 42.7 Å². The van der Waals surface area contributed by atoms with E-state index in [1.807, 2.05) is 0 Å². The molecule has 1 heteroatoms. The fraction of sp³-hybridized carbons (Fsp3) is 0.625. The predicted octanol–water partition coefficient (Wildman–Crippen LogP) is 4.14. The highest BCUT2D eigenvalue weighted by Crippen LogP contribution is 2.36. The Morgan fingerprint density at radius 2 is 1.88 bits per heavy atom. The van der Waals surface area contributed by atoms with Gasteiger partial charge in [0.2, 0.25) is 0 Å². The zero-order valence-corrected chi connectivity index (χ0v) is 11.6. The van der Waals surface area contributed by atoms with E-state index in [1.165, 1.54) is 36.0 Å². The minimum atomic E-state index is 0.487. The molecule has 2 rings (SSSR count). The minimum Gasteiger partial charge on any atom is -0.307 e. The molecule has 0 radical (unpaired) electrons. The fourth-order valence-electron chi connectivity index (χ4n) is 2.82. The third kappa shape index (κ3) is 3.32. The topological polar surface area (TPSA) is 12.0 Å². The molecule has 0 aromatic heterocycles. The van der Waals surface area contributed by atoms with Gasteiger partial charge in [0.05, 0.1) is 0 Å².